The molecule has 0 atom stereocenters. The van der Waals surface area contributed by atoms with Crippen LogP contribution in [0.3, 0.4) is 0 Å². The van der Waals surface area contributed by atoms with Crippen LogP contribution in [0.25, 0.3) is 0 Å². The number of nitrogens with zero attached hydrogens (tertiary/aromatic N) is 3. The van der Waals surface area contributed by atoms with Crippen LogP contribution in [0.2, 0.25) is 0 Å². The molecule has 1 aromatic heterocycles. The molecule has 0 spiro atoms. The highest BCUT2D eigenvalue weighted by molar-refractivity contribution is 5.96. The number of hydrogen-bond acceptors (Lipinski definition) is 4. The number of hydrogen-bond donors (Lipinski definition) is 1. The third-order valence-electron chi connectivity index (χ3n) is 3.06. The summed E-state index contributed by atoms with van der Waals surface area (Å²) < 4.78 is 0. The Morgan fingerprint density at radius 1 is 1.19 bits per heavy atom. The van der Waals surface area contributed by atoms with E-state index < -0.39 is 5.97 Å². The lowest BCUT2D eigenvalue weighted by Gasteiger charge is -2.23. The Bertz CT molecular complexity index is 524. The maximum atomic E-state index is 12.1. The summed E-state index contributed by atoms with van der Waals surface area (Å²) >= 11 is 0. The van der Waals surface area contributed by atoms with E-state index in [1.807, 2.05) is 13.8 Å². The molecule has 0 aliphatic rings. The molecule has 1 N–H and O–H groups in total. The summed E-state index contributed by atoms with van der Waals surface area (Å²) in [6.07, 6.45) is 1.20. The van der Waals surface area contributed by atoms with Crippen molar-refractivity contribution >= 4 is 17.8 Å². The zero-order valence-electron chi connectivity index (χ0n) is 12.4. The summed E-state index contributed by atoms with van der Waals surface area (Å²) in [7, 11) is 1.52. The van der Waals surface area contributed by atoms with E-state index in [2.05, 4.69) is 4.98 Å². The lowest BCUT2D eigenvalue weighted by molar-refractivity contribution is -0.131. The second-order valence-corrected chi connectivity index (χ2v) is 4.46. The summed E-state index contributed by atoms with van der Waals surface area (Å²) in [6.45, 7) is 4.90. The quantitative estimate of drug-likeness (QED) is 0.834. The number of pyridine rings is 1. The number of aromatic carboxylic acids is 1. The average Bonchev–Trinajstić information content (AvgIpc) is 2.47. The minimum atomic E-state index is -1.15. The normalized spacial score (nSPS) is 10.0. The molecule has 0 aromatic carbocycles. The average molecular weight is 293 g/mol. The van der Waals surface area contributed by atoms with E-state index in [-0.39, 0.29) is 29.6 Å². The van der Waals surface area contributed by atoms with Crippen molar-refractivity contribution in [3.63, 3.8) is 0 Å². The summed E-state index contributed by atoms with van der Waals surface area (Å²) in [5.74, 6) is -1.66. The number of carboxylic acids is 1. The molecule has 1 rings (SSSR count). The van der Waals surface area contributed by atoms with Crippen LogP contribution in [0.5, 0.6) is 0 Å². The van der Waals surface area contributed by atoms with E-state index in [0.717, 1.165) is 0 Å². The van der Waals surface area contributed by atoms with Gasteiger partial charge in [0.15, 0.2) is 0 Å². The summed E-state index contributed by atoms with van der Waals surface area (Å²) in [5, 5.41) is 8.75. The second-order valence-electron chi connectivity index (χ2n) is 4.46. The molecule has 0 bridgehead atoms. The first-order chi connectivity index (χ1) is 9.90. The predicted octanol–water partition coefficient (Wildman–Crippen LogP) is 0.720. The molecular formula is C14H19N3O4. The molecule has 0 unspecified atom stereocenters. The van der Waals surface area contributed by atoms with Crippen LogP contribution in [0, 0.1) is 0 Å². The predicted molar refractivity (Wildman–Crippen MR) is 76.1 cm³/mol. The number of carboxylic acid groups (broad SMARTS) is 1. The Hall–Kier alpha value is -2.44. The van der Waals surface area contributed by atoms with Gasteiger partial charge in [-0.25, -0.2) is 9.78 Å². The highest BCUT2D eigenvalue weighted by Crippen LogP contribution is 2.05. The molecule has 0 aliphatic heterocycles. The van der Waals surface area contributed by atoms with Crippen LogP contribution >= 0.6 is 0 Å². The fraction of sp³-hybridized carbons (Fsp3) is 0.429. The van der Waals surface area contributed by atoms with Crippen molar-refractivity contribution in [3.8, 4) is 0 Å². The Kier molecular flexibility index (Phi) is 5.83. The van der Waals surface area contributed by atoms with E-state index in [1.165, 1.54) is 30.3 Å². The SMILES string of the molecule is CCN(CC)C(=O)CN(C)C(=O)c1ccc(C(=O)O)nc1. The number of likely N-dealkylation sites (N-methyl/N-ethyl adjacent to an activating group) is 2. The highest BCUT2D eigenvalue weighted by Gasteiger charge is 2.18. The van der Waals surface area contributed by atoms with Crippen molar-refractivity contribution in [3.05, 3.63) is 29.6 Å². The van der Waals surface area contributed by atoms with Crippen molar-refractivity contribution in [1.82, 2.24) is 14.8 Å². The van der Waals surface area contributed by atoms with Gasteiger partial charge in [-0.3, -0.25) is 9.59 Å². The lowest BCUT2D eigenvalue weighted by Crippen LogP contribution is -2.41. The minimum Gasteiger partial charge on any atom is -0.477 e. The van der Waals surface area contributed by atoms with E-state index in [0.29, 0.717) is 13.1 Å². The Morgan fingerprint density at radius 2 is 1.81 bits per heavy atom. The minimum absolute atomic E-state index is 0.0266. The molecule has 0 saturated carbocycles. The van der Waals surface area contributed by atoms with Crippen molar-refractivity contribution in [2.45, 2.75) is 13.8 Å². The van der Waals surface area contributed by atoms with Gasteiger partial charge in [0.2, 0.25) is 5.91 Å². The Morgan fingerprint density at radius 3 is 2.24 bits per heavy atom. The van der Waals surface area contributed by atoms with Gasteiger partial charge in [-0.1, -0.05) is 0 Å². The molecule has 2 amide bonds. The van der Waals surface area contributed by atoms with Gasteiger partial charge >= 0.3 is 5.97 Å². The van der Waals surface area contributed by atoms with Crippen LogP contribution in [0.15, 0.2) is 18.3 Å². The highest BCUT2D eigenvalue weighted by atomic mass is 16.4. The summed E-state index contributed by atoms with van der Waals surface area (Å²) in [4.78, 5) is 41.4. The Labute approximate surface area is 123 Å². The van der Waals surface area contributed by atoms with E-state index in [1.54, 1.807) is 4.90 Å². The van der Waals surface area contributed by atoms with Gasteiger partial charge in [-0.05, 0) is 26.0 Å². The first-order valence-corrected chi connectivity index (χ1v) is 6.63. The number of rotatable bonds is 6. The maximum Gasteiger partial charge on any atom is 0.354 e. The molecule has 0 saturated heterocycles. The van der Waals surface area contributed by atoms with Crippen molar-refractivity contribution in [2.75, 3.05) is 26.7 Å². The molecule has 21 heavy (non-hydrogen) atoms. The maximum absolute atomic E-state index is 12.1. The number of carbonyl (C=O) groups is 3. The van der Waals surface area contributed by atoms with Gasteiger partial charge in [-0.2, -0.15) is 0 Å². The molecular weight excluding hydrogens is 274 g/mol. The van der Waals surface area contributed by atoms with Gasteiger partial charge in [0.1, 0.15) is 5.69 Å². The molecule has 7 nitrogen and oxygen atoms in total. The zero-order valence-corrected chi connectivity index (χ0v) is 12.4. The van der Waals surface area contributed by atoms with E-state index in [9.17, 15) is 14.4 Å². The molecule has 0 radical (unpaired) electrons. The molecule has 0 fully saturated rings. The van der Waals surface area contributed by atoms with Crippen LogP contribution in [-0.2, 0) is 4.79 Å². The molecule has 7 heteroatoms. The third kappa shape index (κ3) is 4.27. The van der Waals surface area contributed by atoms with Crippen LogP contribution in [-0.4, -0.2) is 64.4 Å². The van der Waals surface area contributed by atoms with E-state index >= 15 is 0 Å². The van der Waals surface area contributed by atoms with Crippen LogP contribution < -0.4 is 0 Å². The molecule has 0 aliphatic carbocycles. The first-order valence-electron chi connectivity index (χ1n) is 6.63. The standard InChI is InChI=1S/C14H19N3O4/c1-4-17(5-2)12(18)9-16(3)13(19)10-6-7-11(14(20)21)15-8-10/h6-8H,4-5,9H2,1-3H3,(H,20,21). The summed E-state index contributed by atoms with van der Waals surface area (Å²) in [5.41, 5.74) is 0.114. The first kappa shape index (κ1) is 16.6. The molecule has 1 heterocycles. The third-order valence-corrected chi connectivity index (χ3v) is 3.06. The number of carbonyl (C=O) groups excluding carboxylic acids is 2. The van der Waals surface area contributed by atoms with E-state index in [4.69, 9.17) is 5.11 Å². The van der Waals surface area contributed by atoms with Crippen molar-refractivity contribution < 1.29 is 19.5 Å². The number of amides is 2. The largest absolute Gasteiger partial charge is 0.477 e. The van der Waals surface area contributed by atoms with Crippen molar-refractivity contribution in [1.29, 1.82) is 0 Å². The fourth-order valence-corrected chi connectivity index (χ4v) is 1.82. The summed E-state index contributed by atoms with van der Waals surface area (Å²) in [6, 6.07) is 2.65. The lowest BCUT2D eigenvalue weighted by atomic mass is 10.2. The smallest absolute Gasteiger partial charge is 0.354 e. The second kappa shape index (κ2) is 7.37. The monoisotopic (exact) mass is 293 g/mol. The zero-order chi connectivity index (χ0) is 16.0. The fourth-order valence-electron chi connectivity index (χ4n) is 1.82. The van der Waals surface area contributed by atoms with Gasteiger partial charge < -0.3 is 14.9 Å². The Balaban J connectivity index is 2.74. The van der Waals surface area contributed by atoms with Crippen LogP contribution in [0.4, 0.5) is 0 Å². The number of aromatic nitrogens is 1. The molecule has 1 aromatic rings. The van der Waals surface area contributed by atoms with Gasteiger partial charge in [0.25, 0.3) is 5.91 Å². The molecule has 114 valence electrons. The van der Waals surface area contributed by atoms with Gasteiger partial charge in [-0.15, -0.1) is 0 Å². The van der Waals surface area contributed by atoms with Crippen molar-refractivity contribution in [2.24, 2.45) is 0 Å². The topological polar surface area (TPSA) is 90.8 Å². The van der Waals surface area contributed by atoms with Gasteiger partial charge in [0.05, 0.1) is 12.1 Å². The van der Waals surface area contributed by atoms with Crippen LogP contribution in [0.1, 0.15) is 34.7 Å². The van der Waals surface area contributed by atoms with Gasteiger partial charge in [0, 0.05) is 26.3 Å².